The summed E-state index contributed by atoms with van der Waals surface area (Å²) in [5.41, 5.74) is 0.960. The second-order valence-electron chi connectivity index (χ2n) is 2.30. The maximum Gasteiger partial charge on any atom is 0.134 e. The van der Waals surface area contributed by atoms with Gasteiger partial charge in [-0.05, 0) is 26.0 Å². The molecule has 0 amide bonds. The van der Waals surface area contributed by atoms with Crippen molar-refractivity contribution in [2.75, 3.05) is 6.61 Å². The molecule has 1 aromatic rings. The van der Waals surface area contributed by atoms with Crippen LogP contribution in [0.3, 0.4) is 0 Å². The predicted octanol–water partition coefficient (Wildman–Crippen LogP) is 2.46. The van der Waals surface area contributed by atoms with E-state index in [2.05, 4.69) is 11.8 Å². The van der Waals surface area contributed by atoms with Crippen LogP contribution in [0, 0.1) is 11.8 Å². The van der Waals surface area contributed by atoms with Crippen molar-refractivity contribution in [2.24, 2.45) is 0 Å². The van der Waals surface area contributed by atoms with E-state index in [0.717, 1.165) is 11.3 Å². The van der Waals surface area contributed by atoms with E-state index < -0.39 is 0 Å². The van der Waals surface area contributed by atoms with Gasteiger partial charge in [0.25, 0.3) is 0 Å². The van der Waals surface area contributed by atoms with Gasteiger partial charge >= 0.3 is 0 Å². The highest BCUT2D eigenvalue weighted by atomic mass is 16.5. The van der Waals surface area contributed by atoms with Crippen molar-refractivity contribution in [3.05, 3.63) is 29.8 Å². The van der Waals surface area contributed by atoms with Gasteiger partial charge in [0.1, 0.15) is 5.75 Å². The number of hydrogen-bond acceptors (Lipinski definition) is 1. The molecule has 0 radical (unpaired) electrons. The highest BCUT2D eigenvalue weighted by molar-refractivity contribution is 5.45. The van der Waals surface area contributed by atoms with Crippen LogP contribution < -0.4 is 4.74 Å². The minimum Gasteiger partial charge on any atom is -0.493 e. The topological polar surface area (TPSA) is 9.23 Å². The van der Waals surface area contributed by atoms with Crippen LogP contribution in [0.1, 0.15) is 19.4 Å². The third-order valence-corrected chi connectivity index (χ3v) is 1.45. The molecule has 1 aromatic carbocycles. The maximum absolute atomic E-state index is 5.39. The Labute approximate surface area is 73.4 Å². The Balaban J connectivity index is 2.97. The van der Waals surface area contributed by atoms with E-state index in [1.165, 1.54) is 0 Å². The van der Waals surface area contributed by atoms with Crippen LogP contribution in [-0.4, -0.2) is 6.61 Å². The number of ether oxygens (including phenoxy) is 1. The standard InChI is InChI=1S/C11H12O/c1-3-7-10-8-5-6-9-11(10)12-4-2/h5-6,8-9H,4H2,1-2H3. The molecular weight excluding hydrogens is 148 g/mol. The fourth-order valence-electron chi connectivity index (χ4n) is 0.986. The van der Waals surface area contributed by atoms with Crippen molar-refractivity contribution in [1.29, 1.82) is 0 Å². The summed E-state index contributed by atoms with van der Waals surface area (Å²) >= 11 is 0. The summed E-state index contributed by atoms with van der Waals surface area (Å²) < 4.78 is 5.39. The second-order valence-corrected chi connectivity index (χ2v) is 2.30. The SMILES string of the molecule is CC#Cc1ccccc1OCC. The lowest BCUT2D eigenvalue weighted by atomic mass is 10.2. The lowest BCUT2D eigenvalue weighted by molar-refractivity contribution is 0.339. The molecule has 12 heavy (non-hydrogen) atoms. The summed E-state index contributed by atoms with van der Waals surface area (Å²) in [7, 11) is 0. The van der Waals surface area contributed by atoms with Crippen molar-refractivity contribution in [3.63, 3.8) is 0 Å². The number of para-hydroxylation sites is 1. The van der Waals surface area contributed by atoms with E-state index in [1.54, 1.807) is 0 Å². The van der Waals surface area contributed by atoms with Gasteiger partial charge in [-0.2, -0.15) is 0 Å². The predicted molar refractivity (Wildman–Crippen MR) is 50.2 cm³/mol. The second kappa shape index (κ2) is 4.46. The van der Waals surface area contributed by atoms with Crippen molar-refractivity contribution >= 4 is 0 Å². The zero-order valence-electron chi connectivity index (χ0n) is 7.42. The Morgan fingerprint density at radius 2 is 2.08 bits per heavy atom. The first-order chi connectivity index (χ1) is 5.88. The molecule has 1 heteroatoms. The molecule has 1 nitrogen and oxygen atoms in total. The molecule has 0 saturated heterocycles. The lowest BCUT2D eigenvalue weighted by Gasteiger charge is -2.03. The quantitative estimate of drug-likeness (QED) is 0.604. The van der Waals surface area contributed by atoms with Crippen LogP contribution in [0.4, 0.5) is 0 Å². The lowest BCUT2D eigenvalue weighted by Crippen LogP contribution is -1.93. The molecule has 0 aliphatic heterocycles. The van der Waals surface area contributed by atoms with Gasteiger partial charge in [0.15, 0.2) is 0 Å². The average molecular weight is 160 g/mol. The molecule has 0 heterocycles. The van der Waals surface area contributed by atoms with Crippen LogP contribution in [0.15, 0.2) is 24.3 Å². The smallest absolute Gasteiger partial charge is 0.134 e. The monoisotopic (exact) mass is 160 g/mol. The number of rotatable bonds is 2. The molecule has 0 aromatic heterocycles. The molecule has 0 aliphatic carbocycles. The van der Waals surface area contributed by atoms with E-state index in [-0.39, 0.29) is 0 Å². The van der Waals surface area contributed by atoms with Crippen LogP contribution in [0.2, 0.25) is 0 Å². The first-order valence-corrected chi connectivity index (χ1v) is 4.03. The van der Waals surface area contributed by atoms with Crippen LogP contribution >= 0.6 is 0 Å². The number of benzene rings is 1. The molecule has 0 saturated carbocycles. The molecule has 0 spiro atoms. The average Bonchev–Trinajstić information content (AvgIpc) is 2.09. The zero-order valence-corrected chi connectivity index (χ0v) is 7.42. The van der Waals surface area contributed by atoms with Crippen LogP contribution in [0.5, 0.6) is 5.75 Å². The molecule has 0 N–H and O–H groups in total. The summed E-state index contributed by atoms with van der Waals surface area (Å²) in [6.07, 6.45) is 0. The largest absolute Gasteiger partial charge is 0.493 e. The zero-order chi connectivity index (χ0) is 8.81. The van der Waals surface area contributed by atoms with Gasteiger partial charge in [0, 0.05) is 0 Å². The molecule has 0 unspecified atom stereocenters. The highest BCUT2D eigenvalue weighted by Crippen LogP contribution is 2.15. The molecule has 62 valence electrons. The van der Waals surface area contributed by atoms with Crippen molar-refractivity contribution in [3.8, 4) is 17.6 Å². The van der Waals surface area contributed by atoms with Crippen molar-refractivity contribution in [1.82, 2.24) is 0 Å². The van der Waals surface area contributed by atoms with Crippen LogP contribution in [0.25, 0.3) is 0 Å². The summed E-state index contributed by atoms with van der Waals surface area (Å²) in [6.45, 7) is 4.47. The number of hydrogen-bond donors (Lipinski definition) is 0. The Morgan fingerprint density at radius 1 is 1.33 bits per heavy atom. The molecule has 0 aliphatic rings. The van der Waals surface area contributed by atoms with E-state index in [1.807, 2.05) is 38.1 Å². The minimum absolute atomic E-state index is 0.683. The Hall–Kier alpha value is -1.42. The third-order valence-electron chi connectivity index (χ3n) is 1.45. The van der Waals surface area contributed by atoms with Crippen molar-refractivity contribution < 1.29 is 4.74 Å². The van der Waals surface area contributed by atoms with Gasteiger partial charge in [-0.15, -0.1) is 5.92 Å². The Kier molecular flexibility index (Phi) is 3.22. The first kappa shape index (κ1) is 8.67. The summed E-state index contributed by atoms with van der Waals surface area (Å²) in [5.74, 6) is 6.71. The molecule has 1 rings (SSSR count). The van der Waals surface area contributed by atoms with Gasteiger partial charge in [0.05, 0.1) is 12.2 Å². The molecular formula is C11H12O. The first-order valence-electron chi connectivity index (χ1n) is 4.03. The van der Waals surface area contributed by atoms with Gasteiger partial charge < -0.3 is 4.74 Å². The Morgan fingerprint density at radius 3 is 2.75 bits per heavy atom. The third kappa shape index (κ3) is 2.03. The minimum atomic E-state index is 0.683. The normalized spacial score (nSPS) is 8.50. The molecule has 0 bridgehead atoms. The summed E-state index contributed by atoms with van der Waals surface area (Å²) in [4.78, 5) is 0. The van der Waals surface area contributed by atoms with Gasteiger partial charge in [-0.3, -0.25) is 0 Å². The fourth-order valence-corrected chi connectivity index (χ4v) is 0.986. The van der Waals surface area contributed by atoms with Crippen LogP contribution in [-0.2, 0) is 0 Å². The molecule has 0 fully saturated rings. The van der Waals surface area contributed by atoms with E-state index in [0.29, 0.717) is 6.61 Å². The fraction of sp³-hybridized carbons (Fsp3) is 0.273. The summed E-state index contributed by atoms with van der Waals surface area (Å²) in [6, 6.07) is 7.80. The van der Waals surface area contributed by atoms with E-state index in [4.69, 9.17) is 4.74 Å². The Bertz CT molecular complexity index is 304. The maximum atomic E-state index is 5.39. The highest BCUT2D eigenvalue weighted by Gasteiger charge is 1.96. The van der Waals surface area contributed by atoms with Gasteiger partial charge in [-0.25, -0.2) is 0 Å². The molecule has 0 atom stereocenters. The van der Waals surface area contributed by atoms with Gasteiger partial charge in [-0.1, -0.05) is 18.1 Å². The van der Waals surface area contributed by atoms with E-state index in [9.17, 15) is 0 Å². The van der Waals surface area contributed by atoms with Crippen molar-refractivity contribution in [2.45, 2.75) is 13.8 Å². The van der Waals surface area contributed by atoms with Gasteiger partial charge in [0.2, 0.25) is 0 Å². The summed E-state index contributed by atoms with van der Waals surface area (Å²) in [5, 5.41) is 0. The van der Waals surface area contributed by atoms with E-state index >= 15 is 0 Å².